The van der Waals surface area contributed by atoms with Gasteiger partial charge in [-0.25, -0.2) is 9.18 Å². The van der Waals surface area contributed by atoms with Crippen LogP contribution in [0.2, 0.25) is 0 Å². The first kappa shape index (κ1) is 20.3. The fourth-order valence-corrected chi connectivity index (χ4v) is 2.49. The van der Waals surface area contributed by atoms with Gasteiger partial charge in [0.05, 0.1) is 0 Å². The number of rotatable bonds is 7. The monoisotopic (exact) mass is 379 g/mol. The van der Waals surface area contributed by atoms with Crippen molar-refractivity contribution >= 4 is 29.5 Å². The van der Waals surface area contributed by atoms with E-state index in [1.807, 2.05) is 0 Å². The van der Waals surface area contributed by atoms with Crippen molar-refractivity contribution in [2.75, 3.05) is 11.9 Å². The summed E-state index contributed by atoms with van der Waals surface area (Å²) in [5, 5.41) is 5.06. The summed E-state index contributed by atoms with van der Waals surface area (Å²) in [6.45, 7) is 4.70. The maximum atomic E-state index is 12.8. The lowest BCUT2D eigenvalue weighted by molar-refractivity contribution is -0.153. The molecule has 1 unspecified atom stereocenters. The van der Waals surface area contributed by atoms with E-state index in [0.29, 0.717) is 5.69 Å². The number of benzene rings is 1. The molecular formula is C18H22FN3O5. The topological polar surface area (TPSA) is 105 Å². The van der Waals surface area contributed by atoms with Crippen LogP contribution in [0.25, 0.3) is 0 Å². The Morgan fingerprint density at radius 3 is 2.44 bits per heavy atom. The van der Waals surface area contributed by atoms with Crippen molar-refractivity contribution in [1.29, 1.82) is 0 Å². The zero-order valence-corrected chi connectivity index (χ0v) is 15.4. The average molecular weight is 379 g/mol. The smallest absolute Gasteiger partial charge is 0.325 e. The molecule has 2 rings (SSSR count). The number of esters is 1. The van der Waals surface area contributed by atoms with Crippen LogP contribution in [0.15, 0.2) is 24.3 Å². The Bertz CT molecular complexity index is 748. The van der Waals surface area contributed by atoms with E-state index in [1.54, 1.807) is 13.8 Å². The molecule has 0 radical (unpaired) electrons. The maximum absolute atomic E-state index is 12.8. The fourth-order valence-electron chi connectivity index (χ4n) is 2.49. The van der Waals surface area contributed by atoms with E-state index in [1.165, 1.54) is 31.2 Å². The van der Waals surface area contributed by atoms with Gasteiger partial charge in [-0.15, -0.1) is 0 Å². The fraction of sp³-hybridized carbons (Fsp3) is 0.444. The number of carbonyl (C=O) groups excluding carboxylic acids is 4. The van der Waals surface area contributed by atoms with Gasteiger partial charge >= 0.3 is 12.0 Å². The summed E-state index contributed by atoms with van der Waals surface area (Å²) in [6.07, 6.45) is -0.871. The Balaban J connectivity index is 1.75. The van der Waals surface area contributed by atoms with E-state index in [0.717, 1.165) is 4.90 Å². The molecule has 0 saturated carbocycles. The molecule has 1 fully saturated rings. The Morgan fingerprint density at radius 1 is 1.26 bits per heavy atom. The summed E-state index contributed by atoms with van der Waals surface area (Å²) in [5.74, 6) is -1.96. The third-order valence-electron chi connectivity index (χ3n) is 4.00. The first-order valence-corrected chi connectivity index (χ1v) is 8.50. The zero-order chi connectivity index (χ0) is 20.2. The minimum atomic E-state index is -1.04. The van der Waals surface area contributed by atoms with Crippen LogP contribution in [0.5, 0.6) is 0 Å². The number of urea groups is 1. The SMILES string of the molecule is CC(OC(=O)CCCN1C(=O)NC(C)(C)C1=O)C(=O)Nc1ccc(F)cc1. The van der Waals surface area contributed by atoms with Crippen molar-refractivity contribution in [3.8, 4) is 0 Å². The number of amides is 4. The Labute approximate surface area is 156 Å². The number of anilines is 1. The molecule has 1 aromatic carbocycles. The lowest BCUT2D eigenvalue weighted by Gasteiger charge is -2.16. The second-order valence-electron chi connectivity index (χ2n) is 6.74. The molecule has 1 aliphatic heterocycles. The van der Waals surface area contributed by atoms with Gasteiger partial charge in [-0.05, 0) is 51.5 Å². The standard InChI is InChI=1S/C18H22FN3O5/c1-11(15(24)20-13-8-6-12(19)7-9-13)27-14(23)5-4-10-22-16(25)18(2,3)21-17(22)26/h6-9,11H,4-5,10H2,1-3H3,(H,20,24)(H,21,26). The van der Waals surface area contributed by atoms with Crippen LogP contribution in [0, 0.1) is 5.82 Å². The Morgan fingerprint density at radius 2 is 1.89 bits per heavy atom. The molecule has 1 aliphatic rings. The molecule has 1 saturated heterocycles. The van der Waals surface area contributed by atoms with Gasteiger partial charge in [0.2, 0.25) is 0 Å². The third kappa shape index (κ3) is 5.25. The summed E-state index contributed by atoms with van der Waals surface area (Å²) in [4.78, 5) is 48.7. The van der Waals surface area contributed by atoms with Gasteiger partial charge in [0, 0.05) is 18.7 Å². The van der Waals surface area contributed by atoms with Crippen LogP contribution >= 0.6 is 0 Å². The molecule has 9 heteroatoms. The Kier molecular flexibility index (Phi) is 6.14. The van der Waals surface area contributed by atoms with Gasteiger partial charge in [0.25, 0.3) is 11.8 Å². The molecule has 0 aromatic heterocycles. The van der Waals surface area contributed by atoms with Crippen LogP contribution in [0.1, 0.15) is 33.6 Å². The molecule has 0 bridgehead atoms. The van der Waals surface area contributed by atoms with Gasteiger partial charge in [-0.2, -0.15) is 0 Å². The number of halogens is 1. The van der Waals surface area contributed by atoms with E-state index in [9.17, 15) is 23.6 Å². The number of imide groups is 1. The van der Waals surface area contributed by atoms with Gasteiger partial charge in [-0.1, -0.05) is 0 Å². The van der Waals surface area contributed by atoms with Crippen molar-refractivity contribution in [2.24, 2.45) is 0 Å². The van der Waals surface area contributed by atoms with Gasteiger partial charge in [0.1, 0.15) is 11.4 Å². The number of carbonyl (C=O) groups is 4. The third-order valence-corrected chi connectivity index (χ3v) is 4.00. The first-order valence-electron chi connectivity index (χ1n) is 8.50. The molecule has 2 N–H and O–H groups in total. The molecule has 4 amide bonds. The van der Waals surface area contributed by atoms with Crippen molar-refractivity contribution in [1.82, 2.24) is 10.2 Å². The highest BCUT2D eigenvalue weighted by Crippen LogP contribution is 2.17. The van der Waals surface area contributed by atoms with Crippen LogP contribution < -0.4 is 10.6 Å². The summed E-state index contributed by atoms with van der Waals surface area (Å²) >= 11 is 0. The normalized spacial score (nSPS) is 16.7. The van der Waals surface area contributed by atoms with Crippen LogP contribution in [0.3, 0.4) is 0 Å². The number of hydrogen-bond donors (Lipinski definition) is 2. The highest BCUT2D eigenvalue weighted by Gasteiger charge is 2.43. The largest absolute Gasteiger partial charge is 0.453 e. The van der Waals surface area contributed by atoms with Gasteiger partial charge in [0.15, 0.2) is 6.10 Å². The minimum absolute atomic E-state index is 0.0499. The highest BCUT2D eigenvalue weighted by molar-refractivity contribution is 6.06. The summed E-state index contributed by atoms with van der Waals surface area (Å²) in [6, 6.07) is 4.68. The van der Waals surface area contributed by atoms with Gasteiger partial charge < -0.3 is 15.4 Å². The van der Waals surface area contributed by atoms with Crippen molar-refractivity contribution in [2.45, 2.75) is 45.3 Å². The van der Waals surface area contributed by atoms with E-state index in [-0.39, 0.29) is 25.3 Å². The number of hydrogen-bond acceptors (Lipinski definition) is 5. The van der Waals surface area contributed by atoms with Crippen LogP contribution in [0.4, 0.5) is 14.9 Å². The maximum Gasteiger partial charge on any atom is 0.325 e. The number of nitrogens with zero attached hydrogens (tertiary/aromatic N) is 1. The summed E-state index contributed by atoms with van der Waals surface area (Å²) < 4.78 is 17.9. The molecule has 146 valence electrons. The van der Waals surface area contributed by atoms with E-state index < -0.39 is 35.4 Å². The number of nitrogens with one attached hydrogen (secondary N) is 2. The molecular weight excluding hydrogens is 357 g/mol. The quantitative estimate of drug-likeness (QED) is 0.555. The average Bonchev–Trinajstić information content (AvgIpc) is 2.78. The van der Waals surface area contributed by atoms with Crippen molar-refractivity contribution in [3.63, 3.8) is 0 Å². The Hall–Kier alpha value is -2.97. The molecule has 1 atom stereocenters. The molecule has 1 heterocycles. The van der Waals surface area contributed by atoms with E-state index >= 15 is 0 Å². The van der Waals surface area contributed by atoms with Crippen molar-refractivity contribution < 1.29 is 28.3 Å². The van der Waals surface area contributed by atoms with E-state index in [2.05, 4.69) is 10.6 Å². The first-order chi connectivity index (χ1) is 12.6. The van der Waals surface area contributed by atoms with Crippen molar-refractivity contribution in [3.05, 3.63) is 30.1 Å². The second kappa shape index (κ2) is 8.15. The number of ether oxygens (including phenoxy) is 1. The molecule has 8 nitrogen and oxygen atoms in total. The lowest BCUT2D eigenvalue weighted by atomic mass is 10.1. The molecule has 1 aromatic rings. The molecule has 0 spiro atoms. The minimum Gasteiger partial charge on any atom is -0.453 e. The summed E-state index contributed by atoms with van der Waals surface area (Å²) in [5.41, 5.74) is -0.574. The lowest BCUT2D eigenvalue weighted by Crippen LogP contribution is -2.40. The molecule has 0 aliphatic carbocycles. The van der Waals surface area contributed by atoms with E-state index in [4.69, 9.17) is 4.74 Å². The summed E-state index contributed by atoms with van der Waals surface area (Å²) in [7, 11) is 0. The zero-order valence-electron chi connectivity index (χ0n) is 15.4. The highest BCUT2D eigenvalue weighted by atomic mass is 19.1. The van der Waals surface area contributed by atoms with Crippen LogP contribution in [-0.4, -0.2) is 46.9 Å². The van der Waals surface area contributed by atoms with Crippen LogP contribution in [-0.2, 0) is 19.1 Å². The molecule has 27 heavy (non-hydrogen) atoms. The second-order valence-corrected chi connectivity index (χ2v) is 6.74. The van der Waals surface area contributed by atoms with Gasteiger partial charge in [-0.3, -0.25) is 19.3 Å². The predicted molar refractivity (Wildman–Crippen MR) is 94.1 cm³/mol. The predicted octanol–water partition coefficient (Wildman–Crippen LogP) is 1.81.